The van der Waals surface area contributed by atoms with E-state index in [1.54, 1.807) is 0 Å². The van der Waals surface area contributed by atoms with Gasteiger partial charge in [-0.05, 0) is 41.0 Å². The second-order valence-corrected chi connectivity index (χ2v) is 6.22. The third kappa shape index (κ3) is 2.18. The highest BCUT2D eigenvalue weighted by molar-refractivity contribution is 6.48. The molecular formula is C13H23BO4. The molecule has 102 valence electrons. The van der Waals surface area contributed by atoms with Crippen LogP contribution in [0.5, 0.6) is 0 Å². The van der Waals surface area contributed by atoms with Crippen LogP contribution < -0.4 is 0 Å². The minimum Gasteiger partial charge on any atom is -0.466 e. The lowest BCUT2D eigenvalue weighted by Gasteiger charge is -2.35. The quantitative estimate of drug-likeness (QED) is 0.573. The van der Waals surface area contributed by atoms with Crippen molar-refractivity contribution in [2.24, 2.45) is 5.92 Å². The summed E-state index contributed by atoms with van der Waals surface area (Å²) >= 11 is 0. The summed E-state index contributed by atoms with van der Waals surface area (Å²) < 4.78 is 17.1. The number of carbonyl (C=O) groups is 1. The van der Waals surface area contributed by atoms with Crippen molar-refractivity contribution in [3.8, 4) is 0 Å². The van der Waals surface area contributed by atoms with Gasteiger partial charge in [-0.2, -0.15) is 0 Å². The first-order chi connectivity index (χ1) is 8.28. The summed E-state index contributed by atoms with van der Waals surface area (Å²) in [6, 6.07) is 0. The van der Waals surface area contributed by atoms with Gasteiger partial charge < -0.3 is 14.0 Å². The van der Waals surface area contributed by atoms with Crippen LogP contribution in [0.3, 0.4) is 0 Å². The predicted octanol–water partition coefficient (Wildman–Crippen LogP) is 2.42. The van der Waals surface area contributed by atoms with Crippen molar-refractivity contribution in [2.75, 3.05) is 6.61 Å². The van der Waals surface area contributed by atoms with E-state index < -0.39 is 0 Å². The molecule has 1 heterocycles. The number of hydrogen-bond acceptors (Lipinski definition) is 4. The molecule has 5 heteroatoms. The van der Waals surface area contributed by atoms with Gasteiger partial charge in [-0.25, -0.2) is 0 Å². The van der Waals surface area contributed by atoms with Gasteiger partial charge in [0.1, 0.15) is 0 Å². The molecule has 1 aliphatic heterocycles. The van der Waals surface area contributed by atoms with Crippen LogP contribution in [-0.2, 0) is 18.8 Å². The fourth-order valence-electron chi connectivity index (χ4n) is 2.46. The number of esters is 1. The van der Waals surface area contributed by atoms with E-state index in [-0.39, 0.29) is 36.0 Å². The average molecular weight is 254 g/mol. The first-order valence-corrected chi connectivity index (χ1v) is 6.81. The Balaban J connectivity index is 2.00. The molecule has 0 unspecified atom stereocenters. The Labute approximate surface area is 110 Å². The van der Waals surface area contributed by atoms with E-state index in [0.29, 0.717) is 6.61 Å². The van der Waals surface area contributed by atoms with Crippen molar-refractivity contribution in [3.05, 3.63) is 0 Å². The van der Waals surface area contributed by atoms with Crippen molar-refractivity contribution in [3.63, 3.8) is 0 Å². The SMILES string of the molecule is CCOC(=O)[C@H]1CC[C@H]1B1OC(C)(C)C(C)(C)O1. The van der Waals surface area contributed by atoms with Crippen LogP contribution in [0.25, 0.3) is 0 Å². The maximum atomic E-state index is 11.8. The first kappa shape index (κ1) is 13.9. The van der Waals surface area contributed by atoms with Crippen molar-refractivity contribution in [2.45, 2.75) is 64.5 Å². The second-order valence-electron chi connectivity index (χ2n) is 6.22. The van der Waals surface area contributed by atoms with Crippen LogP contribution in [0.1, 0.15) is 47.5 Å². The molecular weight excluding hydrogens is 231 g/mol. The minimum atomic E-state index is -0.327. The summed E-state index contributed by atoms with van der Waals surface area (Å²) in [7, 11) is -0.279. The van der Waals surface area contributed by atoms with Crippen LogP contribution in [-0.4, -0.2) is 30.9 Å². The summed E-state index contributed by atoms with van der Waals surface area (Å²) in [6.07, 6.45) is 1.86. The van der Waals surface area contributed by atoms with Gasteiger partial charge in [0, 0.05) is 5.82 Å². The summed E-state index contributed by atoms with van der Waals surface area (Å²) in [5.74, 6) is -0.0202. The highest BCUT2D eigenvalue weighted by atomic mass is 16.7. The molecule has 2 aliphatic rings. The van der Waals surface area contributed by atoms with E-state index in [1.807, 2.05) is 34.6 Å². The minimum absolute atomic E-state index is 0.0559. The van der Waals surface area contributed by atoms with Gasteiger partial charge in [-0.3, -0.25) is 4.79 Å². The monoisotopic (exact) mass is 254 g/mol. The molecule has 0 aromatic rings. The lowest BCUT2D eigenvalue weighted by Crippen LogP contribution is -2.41. The molecule has 1 saturated carbocycles. The Morgan fingerprint density at radius 3 is 2.17 bits per heavy atom. The fraction of sp³-hybridized carbons (Fsp3) is 0.923. The number of hydrogen-bond donors (Lipinski definition) is 0. The van der Waals surface area contributed by atoms with Crippen LogP contribution in [0.4, 0.5) is 0 Å². The molecule has 0 aromatic carbocycles. The first-order valence-electron chi connectivity index (χ1n) is 6.81. The topological polar surface area (TPSA) is 44.8 Å². The lowest BCUT2D eigenvalue weighted by atomic mass is 9.54. The molecule has 2 fully saturated rings. The van der Waals surface area contributed by atoms with E-state index in [2.05, 4.69) is 0 Å². The maximum Gasteiger partial charge on any atom is 0.462 e. The molecule has 0 N–H and O–H groups in total. The van der Waals surface area contributed by atoms with Gasteiger partial charge in [0.05, 0.1) is 23.7 Å². The molecule has 4 nitrogen and oxygen atoms in total. The van der Waals surface area contributed by atoms with E-state index in [9.17, 15) is 4.79 Å². The molecule has 0 bridgehead atoms. The van der Waals surface area contributed by atoms with Crippen molar-refractivity contribution in [1.29, 1.82) is 0 Å². The van der Waals surface area contributed by atoms with Crippen LogP contribution in [0.15, 0.2) is 0 Å². The van der Waals surface area contributed by atoms with Gasteiger partial charge in [0.25, 0.3) is 0 Å². The molecule has 0 radical (unpaired) electrons. The molecule has 18 heavy (non-hydrogen) atoms. The Morgan fingerprint density at radius 2 is 1.78 bits per heavy atom. The molecule has 1 saturated heterocycles. The molecule has 1 aliphatic carbocycles. The standard InChI is InChI=1S/C13H23BO4/c1-6-16-11(15)9-7-8-10(9)14-17-12(2,3)13(4,5)18-14/h9-10H,6-8H2,1-5H3/t9-,10+/m0/s1. The Kier molecular flexibility index (Phi) is 3.49. The van der Waals surface area contributed by atoms with Gasteiger partial charge in [-0.1, -0.05) is 6.42 Å². The van der Waals surface area contributed by atoms with Gasteiger partial charge in [0.15, 0.2) is 0 Å². The van der Waals surface area contributed by atoms with Crippen LogP contribution in [0.2, 0.25) is 5.82 Å². The summed E-state index contributed by atoms with van der Waals surface area (Å²) in [6.45, 7) is 10.4. The highest BCUT2D eigenvalue weighted by Gasteiger charge is 2.58. The third-order valence-corrected chi connectivity index (χ3v) is 4.54. The molecule has 2 atom stereocenters. The molecule has 0 aromatic heterocycles. The molecule has 0 amide bonds. The zero-order valence-corrected chi connectivity index (χ0v) is 12.0. The number of carbonyl (C=O) groups excluding carboxylic acids is 1. The largest absolute Gasteiger partial charge is 0.466 e. The summed E-state index contributed by atoms with van der Waals surface area (Å²) in [5, 5.41) is 0. The smallest absolute Gasteiger partial charge is 0.462 e. The van der Waals surface area contributed by atoms with Crippen LogP contribution in [0, 0.1) is 5.92 Å². The van der Waals surface area contributed by atoms with Crippen molar-refractivity contribution >= 4 is 13.1 Å². The van der Waals surface area contributed by atoms with Gasteiger partial charge in [-0.15, -0.1) is 0 Å². The Bertz CT molecular complexity index is 324. The van der Waals surface area contributed by atoms with Crippen molar-refractivity contribution < 1.29 is 18.8 Å². The Morgan fingerprint density at radius 1 is 1.22 bits per heavy atom. The summed E-state index contributed by atoms with van der Waals surface area (Å²) in [5.41, 5.74) is -0.654. The normalized spacial score (nSPS) is 33.1. The maximum absolute atomic E-state index is 11.8. The number of ether oxygens (including phenoxy) is 1. The summed E-state index contributed by atoms with van der Waals surface area (Å²) in [4.78, 5) is 11.8. The second kappa shape index (κ2) is 4.53. The fourth-order valence-corrected chi connectivity index (χ4v) is 2.46. The van der Waals surface area contributed by atoms with E-state index in [1.165, 1.54) is 0 Å². The zero-order chi connectivity index (χ0) is 13.6. The number of rotatable bonds is 3. The Hall–Kier alpha value is -0.545. The van der Waals surface area contributed by atoms with E-state index in [0.717, 1.165) is 12.8 Å². The van der Waals surface area contributed by atoms with E-state index in [4.69, 9.17) is 14.0 Å². The van der Waals surface area contributed by atoms with Crippen molar-refractivity contribution in [1.82, 2.24) is 0 Å². The molecule has 0 spiro atoms. The third-order valence-electron chi connectivity index (χ3n) is 4.54. The molecule has 2 rings (SSSR count). The lowest BCUT2D eigenvalue weighted by molar-refractivity contribution is -0.151. The van der Waals surface area contributed by atoms with E-state index >= 15 is 0 Å². The van der Waals surface area contributed by atoms with Gasteiger partial charge in [0.2, 0.25) is 0 Å². The zero-order valence-electron chi connectivity index (χ0n) is 12.0. The van der Waals surface area contributed by atoms with Gasteiger partial charge >= 0.3 is 13.1 Å². The average Bonchev–Trinajstić information content (AvgIpc) is 2.33. The predicted molar refractivity (Wildman–Crippen MR) is 69.2 cm³/mol. The highest BCUT2D eigenvalue weighted by Crippen LogP contribution is 2.49. The van der Waals surface area contributed by atoms with Crippen LogP contribution >= 0.6 is 0 Å².